The van der Waals surface area contributed by atoms with Gasteiger partial charge in [-0.25, -0.2) is 10.3 Å². The van der Waals surface area contributed by atoms with E-state index in [4.69, 9.17) is 0 Å². The maximum Gasteiger partial charge on any atom is 0.281 e. The molecular weight excluding hydrogens is 78.1 g/mol. The minimum absolute atomic E-state index is 0.576. The van der Waals surface area contributed by atoms with Crippen LogP contribution in [0, 0.1) is 0 Å². The summed E-state index contributed by atoms with van der Waals surface area (Å²) in [6.45, 7) is 0.576. The lowest BCUT2D eigenvalue weighted by Gasteiger charge is -1.80. The molecule has 0 amide bonds. The molecule has 0 aromatic rings. The van der Waals surface area contributed by atoms with E-state index in [1.54, 1.807) is 12.7 Å². The van der Waals surface area contributed by atoms with Crippen LogP contribution in [-0.4, -0.2) is 19.3 Å². The van der Waals surface area contributed by atoms with Crippen LogP contribution in [0.2, 0.25) is 0 Å². The number of hydrogen-bond acceptors (Lipinski definition) is 3. The minimum atomic E-state index is 0.576. The fourth-order valence-corrected chi connectivity index (χ4v) is 0.268. The summed E-state index contributed by atoms with van der Waals surface area (Å²) in [5, 5.41) is 2.70. The number of aliphatic imine (C=N–C) groups is 2. The summed E-state index contributed by atoms with van der Waals surface area (Å²) in [6.07, 6.45) is 3.24. The van der Waals surface area contributed by atoms with Crippen LogP contribution in [0.4, 0.5) is 0 Å². The third kappa shape index (κ3) is 0.544. The molecule has 1 heterocycles. The molecule has 1 N–H and O–H groups in total. The van der Waals surface area contributed by atoms with Crippen molar-refractivity contribution in [2.45, 2.75) is 0 Å². The molecule has 3 heteroatoms. The first kappa shape index (κ1) is 3.33. The summed E-state index contributed by atoms with van der Waals surface area (Å²) in [7, 11) is 0. The normalized spacial score (nSPS) is 17.3. The summed E-state index contributed by atoms with van der Waals surface area (Å²) in [4.78, 5) is 7.49. The van der Waals surface area contributed by atoms with Crippen molar-refractivity contribution in [3.63, 3.8) is 0 Å². The number of nitrogens with zero attached hydrogens (tertiary/aromatic N) is 2. The van der Waals surface area contributed by atoms with Crippen molar-refractivity contribution in [3.8, 4) is 0 Å². The zero-order chi connectivity index (χ0) is 4.24. The third-order valence-electron chi connectivity index (χ3n) is 0.495. The summed E-state index contributed by atoms with van der Waals surface area (Å²) < 4.78 is 0. The molecular formula is C3H5N3+. The monoisotopic (exact) mass is 83.0 g/mol. The first-order chi connectivity index (χ1) is 3.00. The number of hydrogen-bond donors (Lipinski definition) is 1. The fraction of sp³-hybridized carbons (Fsp3) is 0.333. The highest BCUT2D eigenvalue weighted by molar-refractivity contribution is 5.75. The molecule has 6 heavy (non-hydrogen) atoms. The van der Waals surface area contributed by atoms with Crippen molar-refractivity contribution in [1.82, 2.24) is 10.3 Å². The summed E-state index contributed by atoms with van der Waals surface area (Å²) >= 11 is 0. The van der Waals surface area contributed by atoms with Crippen LogP contribution in [0.15, 0.2) is 4.99 Å². The Balaban J connectivity index is 2.40. The molecule has 0 aromatic carbocycles. The highest BCUT2D eigenvalue weighted by atomic mass is 15.1. The van der Waals surface area contributed by atoms with Crippen LogP contribution in [-0.2, 0) is 0 Å². The lowest BCUT2D eigenvalue weighted by Crippen LogP contribution is -2.17. The van der Waals surface area contributed by atoms with Gasteiger partial charge in [-0.1, -0.05) is 4.99 Å². The van der Waals surface area contributed by atoms with E-state index >= 15 is 0 Å². The molecule has 0 aromatic heterocycles. The number of nitrogens with one attached hydrogen (secondary N) is 1. The Morgan fingerprint density at radius 3 is 3.00 bits per heavy atom. The standard InChI is InChI=1S/C3H5N3/c1-4-2-6-3-5-1/h1-2H,3H2,(H,4,5)/q+1. The molecule has 1 aliphatic heterocycles. The van der Waals surface area contributed by atoms with Gasteiger partial charge in [0.05, 0.1) is 0 Å². The van der Waals surface area contributed by atoms with E-state index in [1.807, 2.05) is 0 Å². The van der Waals surface area contributed by atoms with Gasteiger partial charge < -0.3 is 0 Å². The SMILES string of the molecule is C1=NC[N+]=CN1. The van der Waals surface area contributed by atoms with Crippen LogP contribution in [0.25, 0.3) is 0 Å². The predicted octanol–water partition coefficient (Wildman–Crippen LogP) is -1.06. The topological polar surface area (TPSA) is 38.5 Å². The molecule has 31 valence electrons. The first-order valence-electron chi connectivity index (χ1n) is 1.73. The van der Waals surface area contributed by atoms with E-state index in [0.717, 1.165) is 0 Å². The van der Waals surface area contributed by atoms with E-state index in [0.29, 0.717) is 6.67 Å². The van der Waals surface area contributed by atoms with Crippen LogP contribution >= 0.6 is 0 Å². The van der Waals surface area contributed by atoms with E-state index < -0.39 is 0 Å². The highest BCUT2D eigenvalue weighted by Gasteiger charge is 1.85. The summed E-state index contributed by atoms with van der Waals surface area (Å²) in [6, 6.07) is 0. The molecule has 0 saturated carbocycles. The van der Waals surface area contributed by atoms with Crippen molar-refractivity contribution < 1.29 is 0 Å². The zero-order valence-corrected chi connectivity index (χ0v) is 3.26. The van der Waals surface area contributed by atoms with Crippen molar-refractivity contribution in [2.24, 2.45) is 4.99 Å². The van der Waals surface area contributed by atoms with Crippen molar-refractivity contribution >= 4 is 12.7 Å². The molecule has 0 unspecified atom stereocenters. The van der Waals surface area contributed by atoms with Gasteiger partial charge in [-0.3, -0.25) is 0 Å². The molecule has 0 atom stereocenters. The molecule has 0 aliphatic carbocycles. The minimum Gasteiger partial charge on any atom is -0.235 e. The van der Waals surface area contributed by atoms with Gasteiger partial charge in [-0.15, -0.1) is 0 Å². The Bertz CT molecular complexity index is 64.0. The molecule has 0 saturated heterocycles. The van der Waals surface area contributed by atoms with E-state index in [1.165, 1.54) is 0 Å². The van der Waals surface area contributed by atoms with Crippen molar-refractivity contribution in [1.29, 1.82) is 0 Å². The van der Waals surface area contributed by atoms with E-state index in [-0.39, 0.29) is 0 Å². The van der Waals surface area contributed by atoms with Gasteiger partial charge in [0.1, 0.15) is 0 Å². The van der Waals surface area contributed by atoms with Gasteiger partial charge in [-0.05, 0) is 0 Å². The second-order valence-corrected chi connectivity index (χ2v) is 0.931. The molecule has 1 aliphatic rings. The van der Waals surface area contributed by atoms with E-state index in [9.17, 15) is 0 Å². The second kappa shape index (κ2) is 1.55. The maximum atomic E-state index is 3.74. The Morgan fingerprint density at radius 1 is 1.83 bits per heavy atom. The lowest BCUT2D eigenvalue weighted by molar-refractivity contribution is 0.949. The Morgan fingerprint density at radius 2 is 2.83 bits per heavy atom. The van der Waals surface area contributed by atoms with Gasteiger partial charge in [0.25, 0.3) is 6.34 Å². The predicted molar refractivity (Wildman–Crippen MR) is 24.7 cm³/mol. The van der Waals surface area contributed by atoms with Crippen molar-refractivity contribution in [2.75, 3.05) is 6.67 Å². The zero-order valence-electron chi connectivity index (χ0n) is 3.26. The molecule has 1 rings (SSSR count). The largest absolute Gasteiger partial charge is 0.281 e. The molecule has 0 fully saturated rings. The van der Waals surface area contributed by atoms with Gasteiger partial charge >= 0.3 is 0 Å². The van der Waals surface area contributed by atoms with Gasteiger partial charge in [0.15, 0.2) is 6.34 Å². The maximum absolute atomic E-state index is 3.74. The summed E-state index contributed by atoms with van der Waals surface area (Å²) in [5.41, 5.74) is 0. The first-order valence-corrected chi connectivity index (χ1v) is 1.73. The van der Waals surface area contributed by atoms with Gasteiger partial charge in [0, 0.05) is 0 Å². The van der Waals surface area contributed by atoms with Crippen LogP contribution < -0.4 is 10.3 Å². The Hall–Kier alpha value is -0.860. The summed E-state index contributed by atoms with van der Waals surface area (Å²) in [5.74, 6) is 0. The fourth-order valence-electron chi connectivity index (χ4n) is 0.268. The van der Waals surface area contributed by atoms with Crippen LogP contribution in [0.1, 0.15) is 0 Å². The lowest BCUT2D eigenvalue weighted by atomic mass is 10.9. The molecule has 1 radical (unpaired) electrons. The van der Waals surface area contributed by atoms with Crippen LogP contribution in [0.5, 0.6) is 0 Å². The van der Waals surface area contributed by atoms with Crippen LogP contribution in [0.3, 0.4) is 0 Å². The van der Waals surface area contributed by atoms with E-state index in [2.05, 4.69) is 15.3 Å². The van der Waals surface area contributed by atoms with Gasteiger partial charge in [0.2, 0.25) is 6.67 Å². The average molecular weight is 83.1 g/mol. The highest BCUT2D eigenvalue weighted by Crippen LogP contribution is 1.57. The molecule has 3 nitrogen and oxygen atoms in total. The second-order valence-electron chi connectivity index (χ2n) is 0.931. The Kier molecular flexibility index (Phi) is 0.859. The molecule has 0 bridgehead atoms. The van der Waals surface area contributed by atoms with Crippen molar-refractivity contribution in [3.05, 3.63) is 0 Å². The number of rotatable bonds is 0. The Labute approximate surface area is 35.8 Å². The molecule has 0 spiro atoms. The van der Waals surface area contributed by atoms with Gasteiger partial charge in [-0.2, -0.15) is 0 Å². The third-order valence-corrected chi connectivity index (χ3v) is 0.495. The quantitative estimate of drug-likeness (QED) is 0.398. The average Bonchev–Trinajstić information content (AvgIpc) is 1.72. The smallest absolute Gasteiger partial charge is 0.235 e.